The Hall–Kier alpha value is -4.12. The number of carbonyl (C=O) groups excluding carboxylic acids is 1. The molecular weight excluding hydrogens is 534 g/mol. The lowest BCUT2D eigenvalue weighted by Crippen LogP contribution is -2.39. The molecule has 42 heavy (non-hydrogen) atoms. The highest BCUT2D eigenvalue weighted by molar-refractivity contribution is 6.04. The monoisotopic (exact) mass is 569 g/mol. The number of hydrogen-bond donors (Lipinski definition) is 4. The maximum atomic E-state index is 12.5. The van der Waals surface area contributed by atoms with Gasteiger partial charge in [-0.1, -0.05) is 48.5 Å². The van der Waals surface area contributed by atoms with Crippen molar-refractivity contribution in [2.75, 3.05) is 25.5 Å². The number of phenols is 1. The molecule has 5 rings (SSSR count). The van der Waals surface area contributed by atoms with Crippen LogP contribution in [0.4, 0.5) is 5.69 Å². The molecule has 0 spiro atoms. The Morgan fingerprint density at radius 2 is 1.79 bits per heavy atom. The first-order chi connectivity index (χ1) is 20.4. The second kappa shape index (κ2) is 13.7. The fourth-order valence-corrected chi connectivity index (χ4v) is 5.01. The number of benzene rings is 3. The van der Waals surface area contributed by atoms with Crippen LogP contribution in [0.5, 0.6) is 5.75 Å². The summed E-state index contributed by atoms with van der Waals surface area (Å²) in [5, 5.41) is 32.9. The van der Waals surface area contributed by atoms with E-state index in [0.717, 1.165) is 16.7 Å². The van der Waals surface area contributed by atoms with Gasteiger partial charge in [0, 0.05) is 43.2 Å². The Kier molecular flexibility index (Phi) is 9.58. The number of aliphatic hydroxyl groups is 2. The van der Waals surface area contributed by atoms with E-state index in [9.17, 15) is 20.1 Å². The fraction of sp³-hybridized carbons (Fsp3) is 0.273. The number of pyridine rings is 1. The molecule has 0 saturated carbocycles. The maximum Gasteiger partial charge on any atom is 0.257 e. The summed E-state index contributed by atoms with van der Waals surface area (Å²) in [6.45, 7) is 0.867. The standard InChI is InChI=1S/C33H35N3O6/c1-36(20-30(39)25-4-2-6-28(38)16-25)19-29-17-31(23-9-7-22(21-37)8-10-23)42-33(41-29)24-11-13-27(14-12-24)35-32(40)26-5-3-15-34-18-26/h2-16,18,29-31,33,37-39H,17,19-21H2,1H3,(H,35,40)/t29-,30-,31+,33+/m1/s1. The number of nitrogens with one attached hydrogen (secondary N) is 1. The molecule has 1 aliphatic rings. The minimum atomic E-state index is -0.769. The lowest BCUT2D eigenvalue weighted by molar-refractivity contribution is -0.252. The van der Waals surface area contributed by atoms with E-state index in [1.54, 1.807) is 42.6 Å². The number of aromatic hydroxyl groups is 1. The molecule has 9 heteroatoms. The van der Waals surface area contributed by atoms with Gasteiger partial charge in [-0.3, -0.25) is 9.78 Å². The van der Waals surface area contributed by atoms with Gasteiger partial charge < -0.3 is 35.0 Å². The molecule has 3 aromatic carbocycles. The van der Waals surface area contributed by atoms with Crippen molar-refractivity contribution >= 4 is 11.6 Å². The van der Waals surface area contributed by atoms with E-state index in [4.69, 9.17) is 9.47 Å². The number of aromatic nitrogens is 1. The first kappa shape index (κ1) is 29.4. The third-order valence-electron chi connectivity index (χ3n) is 7.23. The second-order valence-corrected chi connectivity index (χ2v) is 10.5. The Bertz CT molecular complexity index is 1450. The lowest BCUT2D eigenvalue weighted by Gasteiger charge is -2.38. The zero-order valence-corrected chi connectivity index (χ0v) is 23.3. The Balaban J connectivity index is 1.29. The van der Waals surface area contributed by atoms with Crippen molar-refractivity contribution in [3.8, 4) is 5.75 Å². The lowest BCUT2D eigenvalue weighted by atomic mass is 9.99. The molecule has 218 valence electrons. The predicted molar refractivity (Wildman–Crippen MR) is 158 cm³/mol. The van der Waals surface area contributed by atoms with E-state index in [-0.39, 0.29) is 30.5 Å². The third kappa shape index (κ3) is 7.58. The Morgan fingerprint density at radius 1 is 1.02 bits per heavy atom. The van der Waals surface area contributed by atoms with E-state index in [1.807, 2.05) is 60.5 Å². The summed E-state index contributed by atoms with van der Waals surface area (Å²) < 4.78 is 12.8. The van der Waals surface area contributed by atoms with E-state index in [2.05, 4.69) is 10.3 Å². The van der Waals surface area contributed by atoms with Crippen molar-refractivity contribution in [1.29, 1.82) is 0 Å². The summed E-state index contributed by atoms with van der Waals surface area (Å²) in [7, 11) is 1.92. The molecule has 9 nitrogen and oxygen atoms in total. The van der Waals surface area contributed by atoms with Gasteiger partial charge >= 0.3 is 0 Å². The van der Waals surface area contributed by atoms with Gasteiger partial charge in [0.1, 0.15) is 5.75 Å². The zero-order valence-electron chi connectivity index (χ0n) is 23.3. The normalized spacial score (nSPS) is 19.4. The summed E-state index contributed by atoms with van der Waals surface area (Å²) in [5.41, 5.74) is 4.36. The molecule has 0 aliphatic carbocycles. The van der Waals surface area contributed by atoms with Gasteiger partial charge in [-0.2, -0.15) is 0 Å². The van der Waals surface area contributed by atoms with E-state index < -0.39 is 12.4 Å². The van der Waals surface area contributed by atoms with Crippen LogP contribution >= 0.6 is 0 Å². The summed E-state index contributed by atoms with van der Waals surface area (Å²) in [5.74, 6) is -0.133. The summed E-state index contributed by atoms with van der Waals surface area (Å²) in [6, 6.07) is 25.1. The quantitative estimate of drug-likeness (QED) is 0.216. The number of aliphatic hydroxyl groups excluding tert-OH is 2. The summed E-state index contributed by atoms with van der Waals surface area (Å²) >= 11 is 0. The number of anilines is 1. The maximum absolute atomic E-state index is 12.5. The zero-order chi connectivity index (χ0) is 29.5. The van der Waals surface area contributed by atoms with Crippen LogP contribution in [-0.4, -0.2) is 57.4 Å². The van der Waals surface area contributed by atoms with Crippen LogP contribution in [0.3, 0.4) is 0 Å². The highest BCUT2D eigenvalue weighted by atomic mass is 16.7. The van der Waals surface area contributed by atoms with Crippen molar-refractivity contribution in [2.24, 2.45) is 0 Å². The van der Waals surface area contributed by atoms with Crippen LogP contribution in [0.1, 0.15) is 57.5 Å². The number of hydrogen-bond acceptors (Lipinski definition) is 8. The average Bonchev–Trinajstić information content (AvgIpc) is 3.01. The average molecular weight is 570 g/mol. The SMILES string of the molecule is CN(C[C@H]1C[C@@H](c2ccc(CO)cc2)O[C@@H](c2ccc(NC(=O)c3cccnc3)cc2)O1)C[C@@H](O)c1cccc(O)c1. The number of likely N-dealkylation sites (N-methyl/N-ethyl adjacent to an activating group) is 1. The number of carbonyl (C=O) groups is 1. The second-order valence-electron chi connectivity index (χ2n) is 10.5. The molecule has 1 aliphatic heterocycles. The first-order valence-electron chi connectivity index (χ1n) is 13.9. The first-order valence-corrected chi connectivity index (χ1v) is 13.9. The number of nitrogens with zero attached hydrogens (tertiary/aromatic N) is 2. The van der Waals surface area contributed by atoms with Gasteiger partial charge in [0.25, 0.3) is 5.91 Å². The number of rotatable bonds is 10. The summed E-state index contributed by atoms with van der Waals surface area (Å²) in [4.78, 5) is 18.5. The minimum absolute atomic E-state index is 0.0316. The molecule has 0 bridgehead atoms. The van der Waals surface area contributed by atoms with Crippen molar-refractivity contribution in [1.82, 2.24) is 9.88 Å². The molecule has 0 unspecified atom stereocenters. The van der Waals surface area contributed by atoms with E-state index in [1.165, 1.54) is 6.20 Å². The number of phenolic OH excluding ortho intramolecular Hbond substituents is 1. The van der Waals surface area contributed by atoms with Gasteiger partial charge in [-0.05, 0) is 60.1 Å². The smallest absolute Gasteiger partial charge is 0.257 e. The van der Waals surface area contributed by atoms with Crippen molar-refractivity contribution in [3.63, 3.8) is 0 Å². The van der Waals surface area contributed by atoms with E-state index >= 15 is 0 Å². The van der Waals surface area contributed by atoms with Crippen molar-refractivity contribution < 1.29 is 29.6 Å². The highest BCUT2D eigenvalue weighted by Gasteiger charge is 2.33. The van der Waals surface area contributed by atoms with Gasteiger partial charge in [-0.15, -0.1) is 0 Å². The summed E-state index contributed by atoms with van der Waals surface area (Å²) in [6.07, 6.45) is 1.84. The highest BCUT2D eigenvalue weighted by Crippen LogP contribution is 2.38. The van der Waals surface area contributed by atoms with Crippen LogP contribution in [-0.2, 0) is 16.1 Å². The van der Waals surface area contributed by atoms with Crippen LogP contribution < -0.4 is 5.32 Å². The number of amides is 1. The number of ether oxygens (including phenoxy) is 2. The van der Waals surface area contributed by atoms with Gasteiger partial charge in [-0.25, -0.2) is 0 Å². The largest absolute Gasteiger partial charge is 0.508 e. The van der Waals surface area contributed by atoms with Gasteiger partial charge in [0.2, 0.25) is 0 Å². The van der Waals surface area contributed by atoms with Crippen molar-refractivity contribution in [2.45, 2.75) is 37.6 Å². The molecule has 1 aromatic heterocycles. The minimum Gasteiger partial charge on any atom is -0.508 e. The predicted octanol–water partition coefficient (Wildman–Crippen LogP) is 4.74. The molecule has 2 heterocycles. The van der Waals surface area contributed by atoms with Gasteiger partial charge in [0.15, 0.2) is 6.29 Å². The molecule has 1 amide bonds. The molecule has 1 saturated heterocycles. The van der Waals surface area contributed by atoms with Gasteiger partial charge in [0.05, 0.1) is 30.5 Å². The van der Waals surface area contributed by atoms with Crippen molar-refractivity contribution in [3.05, 3.63) is 125 Å². The van der Waals surface area contributed by atoms with E-state index in [0.29, 0.717) is 36.3 Å². The molecule has 4 aromatic rings. The Morgan fingerprint density at radius 3 is 2.48 bits per heavy atom. The molecule has 0 radical (unpaired) electrons. The molecule has 1 fully saturated rings. The van der Waals surface area contributed by atoms with Crippen LogP contribution in [0, 0.1) is 0 Å². The van der Waals surface area contributed by atoms with Crippen LogP contribution in [0.2, 0.25) is 0 Å². The molecular formula is C33H35N3O6. The molecule has 4 atom stereocenters. The topological polar surface area (TPSA) is 124 Å². The third-order valence-corrected chi connectivity index (χ3v) is 7.23. The molecule has 4 N–H and O–H groups in total. The van der Waals surface area contributed by atoms with Crippen LogP contribution in [0.25, 0.3) is 0 Å². The Labute approximate surface area is 245 Å². The fourth-order valence-electron chi connectivity index (χ4n) is 5.01. The van der Waals surface area contributed by atoms with Crippen LogP contribution in [0.15, 0.2) is 97.3 Å².